The van der Waals surface area contributed by atoms with Gasteiger partial charge in [-0.2, -0.15) is 29.9 Å². The van der Waals surface area contributed by atoms with Gasteiger partial charge in [0.15, 0.2) is 11.7 Å². The summed E-state index contributed by atoms with van der Waals surface area (Å²) in [5, 5.41) is 50.6. The van der Waals surface area contributed by atoms with E-state index < -0.39 is 85.0 Å². The quantitative estimate of drug-likeness (QED) is 0.0204. The summed E-state index contributed by atoms with van der Waals surface area (Å²) in [4.78, 5) is 7.94. The highest BCUT2D eigenvalue weighted by Crippen LogP contribution is 2.37. The van der Waals surface area contributed by atoms with Crippen LogP contribution >= 0.6 is 0 Å². The van der Waals surface area contributed by atoms with E-state index in [-0.39, 0.29) is 48.3 Å². The Morgan fingerprint density at radius 3 is 1.07 bits per heavy atom. The van der Waals surface area contributed by atoms with E-state index in [9.17, 15) is 61.6 Å². The third-order valence-electron chi connectivity index (χ3n) is 20.5. The van der Waals surface area contributed by atoms with E-state index >= 15 is 0 Å². The summed E-state index contributed by atoms with van der Waals surface area (Å²) in [6.07, 6.45) is 3.08. The zero-order valence-electron chi connectivity index (χ0n) is 72.6. The van der Waals surface area contributed by atoms with Crippen molar-refractivity contribution >= 4 is 113 Å². The Hall–Kier alpha value is -13.8. The number of aromatic nitrogens is 12. The number of pyridine rings is 4. The van der Waals surface area contributed by atoms with Crippen LogP contribution in [0.25, 0.3) is 66.4 Å². The molecule has 0 unspecified atom stereocenters. The normalized spacial score (nSPS) is 12.3. The molecular weight excluding hydrogens is 1720 g/mol. The van der Waals surface area contributed by atoms with E-state index in [4.69, 9.17) is 11.1 Å². The van der Waals surface area contributed by atoms with Crippen LogP contribution in [0.4, 0.5) is 46.7 Å². The van der Waals surface area contributed by atoms with E-state index in [0.29, 0.717) is 101 Å². The molecule has 0 atom stereocenters. The molecule has 0 bridgehead atoms. The Balaban J connectivity index is 0.000000146. The minimum atomic E-state index is -4.12. The van der Waals surface area contributed by atoms with Crippen molar-refractivity contribution in [3.8, 4) is 22.7 Å². The first-order valence-electron chi connectivity index (χ1n) is 40.0. The lowest BCUT2D eigenvalue weighted by Gasteiger charge is -2.20. The number of anilines is 5. The van der Waals surface area contributed by atoms with Crippen molar-refractivity contribution in [1.29, 1.82) is 5.41 Å². The molecule has 664 valence electrons. The highest BCUT2D eigenvalue weighted by molar-refractivity contribution is 7.93. The number of hydrogen-bond donors (Lipinski definition) is 7. The molecule has 0 aliphatic rings. The zero-order valence-corrected chi connectivity index (χ0v) is 75.9. The first kappa shape index (κ1) is 91.8. The van der Waals surface area contributed by atoms with Crippen molar-refractivity contribution in [3.63, 3.8) is 0 Å². The molecule has 8 heterocycles. The van der Waals surface area contributed by atoms with Crippen LogP contribution in [0.5, 0.6) is 0 Å². The maximum absolute atomic E-state index is 14.7. The molecule has 28 nitrogen and oxygen atoms in total. The molecule has 0 fully saturated rings. The molecule has 16 aromatic rings. The van der Waals surface area contributed by atoms with E-state index in [1.165, 1.54) is 79.5 Å². The number of benzene rings is 8. The van der Waals surface area contributed by atoms with Crippen LogP contribution in [0.1, 0.15) is 128 Å². The Morgan fingerprint density at radius 2 is 0.703 bits per heavy atom. The van der Waals surface area contributed by atoms with Crippen LogP contribution in [0.15, 0.2) is 250 Å². The largest absolute Gasteiger partial charge is 0.618 e. The van der Waals surface area contributed by atoms with Gasteiger partial charge in [0.2, 0.25) is 5.52 Å². The standard InChI is InChI=1S/C23H24FN5O3S.C23H24FN5O2S.C23H23FN4O3S.C23H23FN4O2S/c1-14-12-22(27-33(31,32)15-8-10-17(18(24)13-15)23(2,3)4)28(26-14)19-6-5-7-20-16(19)9-11-21(25)29(20)30;1-14-12-22(28-32(30,31)15-8-10-17(18(24)13-15)23(2,3)4)29(27-14)20-7-5-6-19-16(20)9-11-21(25)26-19;1-15-13-22(26-32(30,31)16-10-11-18(19(24)14-16)23(2,3)4)28(25-15)21-9-5-8-20-17(21)7-6-12-27(20)29;1-15-13-22(28(26-15)21-9-5-8-20-17(21)7-6-12-25-20)27-31(29,30)16-10-11-18(19(24)14-16)23(2,3)4/h5-13,25,27,30H,1-4H3;5-13,28H,1-4H3,(H2,25,26);5-14,26H,1-4H3;5-14,27H,1-4H3. The second-order valence-corrected chi connectivity index (χ2v) is 41.3. The highest BCUT2D eigenvalue weighted by atomic mass is 32.2. The minimum absolute atomic E-state index is 0.0991. The van der Waals surface area contributed by atoms with Crippen molar-refractivity contribution in [1.82, 2.24) is 53.8 Å². The Morgan fingerprint density at radius 1 is 0.383 bits per heavy atom. The molecule has 0 amide bonds. The number of hydrogen-bond acceptors (Lipinski definition) is 18. The molecule has 0 radical (unpaired) electrons. The van der Waals surface area contributed by atoms with Gasteiger partial charge in [0, 0.05) is 58.8 Å². The lowest BCUT2D eigenvalue weighted by Crippen LogP contribution is -2.26. The Labute approximate surface area is 737 Å². The maximum Gasteiger partial charge on any atom is 0.263 e. The predicted octanol–water partition coefficient (Wildman–Crippen LogP) is 17.8. The highest BCUT2D eigenvalue weighted by Gasteiger charge is 2.31. The third-order valence-corrected chi connectivity index (χ3v) is 25.9. The zero-order chi connectivity index (χ0) is 93.0. The van der Waals surface area contributed by atoms with Crippen LogP contribution in [0.2, 0.25) is 0 Å². The van der Waals surface area contributed by atoms with Gasteiger partial charge in [-0.25, -0.2) is 74.9 Å². The number of sulfonamides is 4. The number of rotatable bonds is 16. The lowest BCUT2D eigenvalue weighted by molar-refractivity contribution is -0.577. The summed E-state index contributed by atoms with van der Waals surface area (Å²) in [6.45, 7) is 29.3. The molecule has 8 aromatic carbocycles. The van der Waals surface area contributed by atoms with E-state index in [1.807, 2.05) is 132 Å². The molecule has 0 spiro atoms. The fourth-order valence-electron chi connectivity index (χ4n) is 14.3. The molecule has 8 N–H and O–H groups in total. The summed E-state index contributed by atoms with van der Waals surface area (Å²) in [7, 11) is -16.3. The first-order chi connectivity index (χ1) is 59.9. The van der Waals surface area contributed by atoms with Gasteiger partial charge in [-0.3, -0.25) is 29.3 Å². The van der Waals surface area contributed by atoms with E-state index in [2.05, 4.69) is 49.3 Å². The van der Waals surface area contributed by atoms with Gasteiger partial charge in [0.25, 0.3) is 40.1 Å². The molecule has 36 heteroatoms. The molecule has 8 aromatic heterocycles. The molecule has 0 aliphatic heterocycles. The van der Waals surface area contributed by atoms with E-state index in [0.717, 1.165) is 50.0 Å². The second-order valence-electron chi connectivity index (χ2n) is 34.5. The smallest absolute Gasteiger partial charge is 0.263 e. The minimum Gasteiger partial charge on any atom is -0.618 e. The van der Waals surface area contributed by atoms with Crippen LogP contribution in [-0.4, -0.2) is 92.7 Å². The van der Waals surface area contributed by atoms with Gasteiger partial charge in [0.1, 0.15) is 52.4 Å². The van der Waals surface area contributed by atoms with Crippen molar-refractivity contribution in [3.05, 3.63) is 310 Å². The van der Waals surface area contributed by atoms with Gasteiger partial charge < -0.3 is 16.1 Å². The SMILES string of the molecule is Cc1cc(NS(=O)(=O)c2ccc(C(C)(C)C)c(F)c2)n(-c2cccc3c2ccc(=N)n3O)n1.Cc1cc(NS(=O)(=O)c2ccc(C(C)(C)C)c(F)c2)n(-c2cccc3c2ccc[n+]3[O-])n1.Cc1cc(NS(=O)(=O)c2ccc(C(C)(C)C)c(F)c2)n(-c2cccc3nc(N)ccc23)n1.Cc1cc(NS(=O)(=O)c2ccc(C(C)(C)C)c(F)c2)n(-c2cccc3ncccc23)n1. The van der Waals surface area contributed by atoms with Crippen molar-refractivity contribution in [2.75, 3.05) is 24.6 Å². The summed E-state index contributed by atoms with van der Waals surface area (Å²) >= 11 is 0. The Kier molecular flexibility index (Phi) is 25.0. The van der Waals surface area contributed by atoms with Gasteiger partial charge in [-0.05, 0) is 205 Å². The lowest BCUT2D eigenvalue weighted by atomic mass is 9.87. The fourth-order valence-corrected chi connectivity index (χ4v) is 18.5. The number of nitrogens with one attached hydrogen (secondary N) is 5. The van der Waals surface area contributed by atoms with Gasteiger partial charge in [-0.1, -0.05) is 132 Å². The monoisotopic (exact) mass is 1810 g/mol. The molecule has 128 heavy (non-hydrogen) atoms. The van der Waals surface area contributed by atoms with E-state index in [1.54, 1.807) is 125 Å². The molecule has 0 saturated heterocycles. The van der Waals surface area contributed by atoms with Gasteiger partial charge in [0.05, 0.1) is 87.0 Å². The van der Waals surface area contributed by atoms with Crippen molar-refractivity contribution in [2.45, 2.75) is 152 Å². The fraction of sp³-hybridized carbons (Fsp3) is 0.217. The molecule has 0 aliphatic carbocycles. The second kappa shape index (κ2) is 34.8. The van der Waals surface area contributed by atoms with Crippen molar-refractivity contribution in [2.24, 2.45) is 0 Å². The Bertz CT molecular complexity index is 7590. The average molecular weight is 1820 g/mol. The number of nitrogen functional groups attached to an aromatic ring is 1. The molecular formula is C92H94F4N18O10S4. The summed E-state index contributed by atoms with van der Waals surface area (Å²) in [5.74, 6) is -1.10. The maximum atomic E-state index is 14.7. The number of halogens is 4. The topological polar surface area (TPSA) is 384 Å². The predicted molar refractivity (Wildman–Crippen MR) is 487 cm³/mol. The van der Waals surface area contributed by atoms with Crippen molar-refractivity contribution < 1.29 is 61.2 Å². The van der Waals surface area contributed by atoms with Crippen LogP contribution in [0, 0.1) is 61.6 Å². The number of fused-ring (bicyclic) bond motifs is 4. The van der Waals surface area contributed by atoms with Crippen LogP contribution in [-0.2, 0) is 61.8 Å². The molecule has 0 saturated carbocycles. The van der Waals surface area contributed by atoms with Crippen LogP contribution < -0.4 is 34.8 Å². The third kappa shape index (κ3) is 19.7. The summed E-state index contributed by atoms with van der Waals surface area (Å²) in [6, 6.07) is 56.8. The number of nitrogens with two attached hydrogens (primary N) is 1. The first-order valence-corrected chi connectivity index (χ1v) is 45.9. The van der Waals surface area contributed by atoms with Crippen LogP contribution in [0.3, 0.4) is 0 Å². The number of aryl methyl sites for hydroxylation is 4. The average Bonchev–Trinajstić information content (AvgIpc) is 1.53. The number of nitrogens with zero attached hydrogens (tertiary/aromatic N) is 12. The van der Waals surface area contributed by atoms with Gasteiger partial charge in [-0.15, -0.1) is 0 Å². The van der Waals surface area contributed by atoms with Gasteiger partial charge >= 0.3 is 0 Å². The summed E-state index contributed by atoms with van der Waals surface area (Å²) in [5.41, 5.74) is 12.6. The summed E-state index contributed by atoms with van der Waals surface area (Å²) < 4.78 is 180. The molecule has 16 rings (SSSR count).